The van der Waals surface area contributed by atoms with Gasteiger partial charge in [-0.05, 0) is 5.56 Å². The van der Waals surface area contributed by atoms with Crippen molar-refractivity contribution in [2.24, 2.45) is 7.05 Å². The molecular formula is C16H16N6O2. The lowest BCUT2D eigenvalue weighted by Gasteiger charge is -2.05. The molecule has 0 aliphatic heterocycles. The molecule has 24 heavy (non-hydrogen) atoms. The molecule has 122 valence electrons. The summed E-state index contributed by atoms with van der Waals surface area (Å²) in [7, 11) is 1.58. The van der Waals surface area contributed by atoms with Gasteiger partial charge in [-0.1, -0.05) is 30.3 Å². The number of nitrogens with zero attached hydrogens (tertiary/aromatic N) is 4. The van der Waals surface area contributed by atoms with Crippen LogP contribution in [0, 0.1) is 0 Å². The summed E-state index contributed by atoms with van der Waals surface area (Å²) < 4.78 is 3.05. The van der Waals surface area contributed by atoms with Crippen LogP contribution in [0.4, 0.5) is 16.3 Å². The molecule has 0 bridgehead atoms. The summed E-state index contributed by atoms with van der Waals surface area (Å²) in [6.45, 7) is 0.602. The molecule has 0 unspecified atom stereocenters. The molecule has 1 aromatic carbocycles. The first-order chi connectivity index (χ1) is 11.6. The molecule has 0 fully saturated rings. The molecule has 2 aromatic heterocycles. The first-order valence-electron chi connectivity index (χ1n) is 7.28. The topological polar surface area (TPSA) is 93.8 Å². The lowest BCUT2D eigenvalue weighted by molar-refractivity contribution is 0.262. The van der Waals surface area contributed by atoms with E-state index >= 15 is 0 Å². The van der Waals surface area contributed by atoms with Crippen molar-refractivity contribution in [2.45, 2.75) is 6.54 Å². The summed E-state index contributed by atoms with van der Waals surface area (Å²) in [6.07, 6.45) is 6.20. The van der Waals surface area contributed by atoms with Crippen LogP contribution in [0.15, 0.2) is 59.9 Å². The highest BCUT2D eigenvalue weighted by atomic mass is 16.2. The molecule has 0 saturated heterocycles. The van der Waals surface area contributed by atoms with Gasteiger partial charge in [0.25, 0.3) is 5.56 Å². The number of hydrogen-bond donors (Lipinski definition) is 2. The van der Waals surface area contributed by atoms with Crippen molar-refractivity contribution in [1.29, 1.82) is 0 Å². The third-order valence-electron chi connectivity index (χ3n) is 3.33. The van der Waals surface area contributed by atoms with Crippen LogP contribution in [-0.4, -0.2) is 25.4 Å². The maximum atomic E-state index is 12.0. The number of hydrogen-bond acceptors (Lipinski definition) is 4. The zero-order chi connectivity index (χ0) is 16.9. The van der Waals surface area contributed by atoms with Gasteiger partial charge in [0, 0.05) is 25.6 Å². The van der Waals surface area contributed by atoms with Gasteiger partial charge in [0.2, 0.25) is 5.82 Å². The monoisotopic (exact) mass is 324 g/mol. The van der Waals surface area contributed by atoms with Gasteiger partial charge < -0.3 is 9.88 Å². The van der Waals surface area contributed by atoms with Crippen LogP contribution in [0.25, 0.3) is 0 Å². The molecule has 0 saturated carbocycles. The van der Waals surface area contributed by atoms with Gasteiger partial charge in [-0.25, -0.2) is 9.78 Å². The zero-order valence-electron chi connectivity index (χ0n) is 13.0. The number of aryl methyl sites for hydroxylation is 1. The van der Waals surface area contributed by atoms with E-state index in [1.165, 1.54) is 17.0 Å². The molecule has 2 amide bonds. The second-order valence-corrected chi connectivity index (χ2v) is 5.18. The Bertz CT molecular complexity index is 900. The predicted octanol–water partition coefficient (Wildman–Crippen LogP) is 1.67. The molecule has 2 N–H and O–H groups in total. The minimum Gasteiger partial charge on any atom is -0.314 e. The molecule has 3 rings (SSSR count). The Labute approximate surface area is 137 Å². The van der Waals surface area contributed by atoms with E-state index in [1.54, 1.807) is 24.1 Å². The van der Waals surface area contributed by atoms with Crippen molar-refractivity contribution in [2.75, 3.05) is 10.6 Å². The van der Waals surface area contributed by atoms with E-state index in [0.29, 0.717) is 12.2 Å². The highest BCUT2D eigenvalue weighted by Crippen LogP contribution is 2.08. The Kier molecular flexibility index (Phi) is 4.37. The molecule has 0 aliphatic carbocycles. The summed E-state index contributed by atoms with van der Waals surface area (Å²) >= 11 is 0. The number of aromatic nitrogens is 4. The standard InChI is InChI=1S/C16H16N6O2/c1-21-8-7-17-14(15(21)23)20-16(24)19-13-9-18-22(11-13)10-12-5-3-2-4-6-12/h2-9,11H,10H2,1H3,(H2,17,19,20,24). The molecule has 2 heterocycles. The van der Waals surface area contributed by atoms with Crippen molar-refractivity contribution >= 4 is 17.5 Å². The maximum absolute atomic E-state index is 12.0. The van der Waals surface area contributed by atoms with E-state index < -0.39 is 6.03 Å². The van der Waals surface area contributed by atoms with Crippen LogP contribution < -0.4 is 16.2 Å². The third-order valence-corrected chi connectivity index (χ3v) is 3.33. The highest BCUT2D eigenvalue weighted by Gasteiger charge is 2.09. The first-order valence-corrected chi connectivity index (χ1v) is 7.28. The van der Waals surface area contributed by atoms with Crippen molar-refractivity contribution in [1.82, 2.24) is 19.3 Å². The van der Waals surface area contributed by atoms with Crippen LogP contribution in [-0.2, 0) is 13.6 Å². The molecule has 0 aliphatic rings. The molecule has 0 radical (unpaired) electrons. The lowest BCUT2D eigenvalue weighted by atomic mass is 10.2. The van der Waals surface area contributed by atoms with Crippen LogP contribution >= 0.6 is 0 Å². The number of urea groups is 1. The van der Waals surface area contributed by atoms with E-state index in [9.17, 15) is 9.59 Å². The minimum absolute atomic E-state index is 0.0332. The van der Waals surface area contributed by atoms with Gasteiger partial charge in [-0.15, -0.1) is 0 Å². The Morgan fingerprint density at radius 1 is 1.21 bits per heavy atom. The second-order valence-electron chi connectivity index (χ2n) is 5.18. The number of nitrogens with one attached hydrogen (secondary N) is 2. The molecule has 0 spiro atoms. The summed E-state index contributed by atoms with van der Waals surface area (Å²) in [5, 5.41) is 9.24. The van der Waals surface area contributed by atoms with Gasteiger partial charge in [0.05, 0.1) is 18.4 Å². The minimum atomic E-state index is -0.551. The molecule has 3 aromatic rings. The lowest BCUT2D eigenvalue weighted by Crippen LogP contribution is -2.27. The number of benzene rings is 1. The highest BCUT2D eigenvalue weighted by molar-refractivity contribution is 5.98. The molecular weight excluding hydrogens is 308 g/mol. The predicted molar refractivity (Wildman–Crippen MR) is 89.9 cm³/mol. The summed E-state index contributed by atoms with van der Waals surface area (Å²) in [5.74, 6) is -0.0332. The summed E-state index contributed by atoms with van der Waals surface area (Å²) in [4.78, 5) is 27.6. The largest absolute Gasteiger partial charge is 0.325 e. The first kappa shape index (κ1) is 15.5. The number of carbonyl (C=O) groups excluding carboxylic acids is 1. The number of carbonyl (C=O) groups is 1. The van der Waals surface area contributed by atoms with Gasteiger partial charge in [-0.2, -0.15) is 5.10 Å². The van der Waals surface area contributed by atoms with E-state index in [1.807, 2.05) is 30.3 Å². The van der Waals surface area contributed by atoms with Crippen LogP contribution in [0.3, 0.4) is 0 Å². The molecule has 8 nitrogen and oxygen atoms in total. The van der Waals surface area contributed by atoms with Crippen molar-refractivity contribution < 1.29 is 4.79 Å². The van der Waals surface area contributed by atoms with Crippen LogP contribution in [0.1, 0.15) is 5.56 Å². The van der Waals surface area contributed by atoms with E-state index in [0.717, 1.165) is 5.56 Å². The Balaban J connectivity index is 1.63. The second kappa shape index (κ2) is 6.78. The number of rotatable bonds is 4. The third kappa shape index (κ3) is 3.67. The SMILES string of the molecule is Cn1ccnc(NC(=O)Nc2cnn(Cc3ccccc3)c2)c1=O. The van der Waals surface area contributed by atoms with E-state index in [2.05, 4.69) is 20.7 Å². The Morgan fingerprint density at radius 2 is 2.00 bits per heavy atom. The van der Waals surface area contributed by atoms with Gasteiger partial charge >= 0.3 is 6.03 Å². The average molecular weight is 324 g/mol. The Hall–Kier alpha value is -3.42. The van der Waals surface area contributed by atoms with Gasteiger partial charge in [0.1, 0.15) is 0 Å². The summed E-state index contributed by atoms with van der Waals surface area (Å²) in [5.41, 5.74) is 1.25. The maximum Gasteiger partial charge on any atom is 0.325 e. The van der Waals surface area contributed by atoms with Crippen LogP contribution in [0.5, 0.6) is 0 Å². The summed E-state index contributed by atoms with van der Waals surface area (Å²) in [6, 6.07) is 9.31. The van der Waals surface area contributed by atoms with Gasteiger partial charge in [0.15, 0.2) is 0 Å². The number of anilines is 2. The van der Waals surface area contributed by atoms with Gasteiger partial charge in [-0.3, -0.25) is 14.8 Å². The van der Waals surface area contributed by atoms with Crippen LogP contribution in [0.2, 0.25) is 0 Å². The zero-order valence-corrected chi connectivity index (χ0v) is 13.0. The molecule has 0 atom stereocenters. The van der Waals surface area contributed by atoms with E-state index in [-0.39, 0.29) is 11.4 Å². The van der Waals surface area contributed by atoms with Crippen molar-refractivity contribution in [3.8, 4) is 0 Å². The fraction of sp³-hybridized carbons (Fsp3) is 0.125. The molecule has 8 heteroatoms. The van der Waals surface area contributed by atoms with E-state index in [4.69, 9.17) is 0 Å². The van der Waals surface area contributed by atoms with Crippen molar-refractivity contribution in [3.05, 3.63) is 71.0 Å². The van der Waals surface area contributed by atoms with Crippen molar-refractivity contribution in [3.63, 3.8) is 0 Å². The Morgan fingerprint density at radius 3 is 2.79 bits per heavy atom. The quantitative estimate of drug-likeness (QED) is 0.763. The average Bonchev–Trinajstić information content (AvgIpc) is 2.99. The fourth-order valence-electron chi connectivity index (χ4n) is 2.14. The number of amides is 2. The fourth-order valence-corrected chi connectivity index (χ4v) is 2.14. The normalized spacial score (nSPS) is 10.4. The smallest absolute Gasteiger partial charge is 0.314 e.